The number of nitrogens with zero attached hydrogens (tertiary/aromatic N) is 1. The van der Waals surface area contributed by atoms with Gasteiger partial charge < -0.3 is 4.74 Å². The molecule has 0 amide bonds. The average molecular weight is 269 g/mol. The second-order valence-electron chi connectivity index (χ2n) is 5.24. The third-order valence-electron chi connectivity index (χ3n) is 3.49. The first-order valence-electron chi connectivity index (χ1n) is 7.41. The second-order valence-corrected chi connectivity index (χ2v) is 5.24. The molecule has 1 unspecified atom stereocenters. The van der Waals surface area contributed by atoms with Gasteiger partial charge in [-0.05, 0) is 48.1 Å². The predicted octanol–water partition coefficient (Wildman–Crippen LogP) is 4.61. The van der Waals surface area contributed by atoms with E-state index in [1.54, 1.807) is 0 Å². The molecular formula is C18H23NO. The zero-order valence-electron chi connectivity index (χ0n) is 12.4. The molecular weight excluding hydrogens is 246 g/mol. The lowest BCUT2D eigenvalue weighted by Gasteiger charge is -2.12. The number of hydrogen-bond donors (Lipinski definition) is 0. The van der Waals surface area contributed by atoms with Crippen molar-refractivity contribution in [2.24, 2.45) is 0 Å². The number of ether oxygens (including phenoxy) is 1. The van der Waals surface area contributed by atoms with Crippen LogP contribution in [0, 0.1) is 0 Å². The van der Waals surface area contributed by atoms with Gasteiger partial charge >= 0.3 is 0 Å². The van der Waals surface area contributed by atoms with Gasteiger partial charge in [-0.25, -0.2) is 0 Å². The molecule has 0 saturated heterocycles. The molecule has 0 N–H and O–H groups in total. The SMILES string of the molecule is CCCCOc1ccc(CC(C)c2cccnc2)cc1. The molecule has 1 atom stereocenters. The molecule has 20 heavy (non-hydrogen) atoms. The van der Waals surface area contributed by atoms with Crippen molar-refractivity contribution in [1.29, 1.82) is 0 Å². The summed E-state index contributed by atoms with van der Waals surface area (Å²) in [7, 11) is 0. The highest BCUT2D eigenvalue weighted by Gasteiger charge is 2.06. The van der Waals surface area contributed by atoms with Crippen LogP contribution in [-0.4, -0.2) is 11.6 Å². The third-order valence-corrected chi connectivity index (χ3v) is 3.49. The first-order valence-corrected chi connectivity index (χ1v) is 7.41. The largest absolute Gasteiger partial charge is 0.494 e. The lowest BCUT2D eigenvalue weighted by molar-refractivity contribution is 0.309. The summed E-state index contributed by atoms with van der Waals surface area (Å²) >= 11 is 0. The Hall–Kier alpha value is -1.83. The monoisotopic (exact) mass is 269 g/mol. The van der Waals surface area contributed by atoms with Gasteiger partial charge in [-0.3, -0.25) is 4.98 Å². The van der Waals surface area contributed by atoms with Crippen LogP contribution >= 0.6 is 0 Å². The highest BCUT2D eigenvalue weighted by Crippen LogP contribution is 2.21. The van der Waals surface area contributed by atoms with Crippen LogP contribution < -0.4 is 4.74 Å². The lowest BCUT2D eigenvalue weighted by Crippen LogP contribution is -2.00. The van der Waals surface area contributed by atoms with Crippen molar-refractivity contribution in [3.63, 3.8) is 0 Å². The minimum absolute atomic E-state index is 0.482. The van der Waals surface area contributed by atoms with Crippen LogP contribution in [0.25, 0.3) is 0 Å². The van der Waals surface area contributed by atoms with Crippen LogP contribution in [0.4, 0.5) is 0 Å². The van der Waals surface area contributed by atoms with Crippen molar-refractivity contribution in [2.75, 3.05) is 6.61 Å². The number of hydrogen-bond acceptors (Lipinski definition) is 2. The fourth-order valence-corrected chi connectivity index (χ4v) is 2.19. The van der Waals surface area contributed by atoms with E-state index in [1.165, 1.54) is 17.5 Å². The van der Waals surface area contributed by atoms with E-state index < -0.39 is 0 Å². The zero-order valence-corrected chi connectivity index (χ0v) is 12.4. The summed E-state index contributed by atoms with van der Waals surface area (Å²) < 4.78 is 5.68. The Labute approximate surface area is 121 Å². The normalized spacial score (nSPS) is 12.1. The molecule has 0 radical (unpaired) electrons. The first kappa shape index (κ1) is 14.6. The minimum atomic E-state index is 0.482. The number of aromatic nitrogens is 1. The van der Waals surface area contributed by atoms with Gasteiger partial charge in [-0.1, -0.05) is 38.5 Å². The maximum Gasteiger partial charge on any atom is 0.119 e. The molecule has 0 aliphatic rings. The maximum absolute atomic E-state index is 5.68. The lowest BCUT2D eigenvalue weighted by atomic mass is 9.95. The Kier molecular flexibility index (Phi) is 5.60. The van der Waals surface area contributed by atoms with Gasteiger partial charge in [0.15, 0.2) is 0 Å². The Bertz CT molecular complexity index is 493. The number of benzene rings is 1. The quantitative estimate of drug-likeness (QED) is 0.685. The summed E-state index contributed by atoms with van der Waals surface area (Å²) in [5.74, 6) is 1.45. The molecule has 106 valence electrons. The zero-order chi connectivity index (χ0) is 14.2. The van der Waals surface area contributed by atoms with Gasteiger partial charge in [0.05, 0.1) is 6.61 Å². The van der Waals surface area contributed by atoms with Gasteiger partial charge in [0.2, 0.25) is 0 Å². The topological polar surface area (TPSA) is 22.1 Å². The van der Waals surface area contributed by atoms with E-state index in [4.69, 9.17) is 4.74 Å². The minimum Gasteiger partial charge on any atom is -0.494 e. The molecule has 0 aliphatic carbocycles. The van der Waals surface area contributed by atoms with E-state index in [9.17, 15) is 0 Å². The van der Waals surface area contributed by atoms with E-state index in [0.717, 1.165) is 25.2 Å². The van der Waals surface area contributed by atoms with E-state index >= 15 is 0 Å². The number of unbranched alkanes of at least 4 members (excludes halogenated alkanes) is 1. The smallest absolute Gasteiger partial charge is 0.119 e. The van der Waals surface area contributed by atoms with Crippen LogP contribution in [0.15, 0.2) is 48.8 Å². The summed E-state index contributed by atoms with van der Waals surface area (Å²) in [5, 5.41) is 0. The molecule has 2 heteroatoms. The molecule has 2 nitrogen and oxygen atoms in total. The van der Waals surface area contributed by atoms with Gasteiger partial charge in [-0.15, -0.1) is 0 Å². The first-order chi connectivity index (χ1) is 9.79. The molecule has 2 aromatic rings. The number of pyridine rings is 1. The standard InChI is InChI=1S/C18H23NO/c1-3-4-12-20-18-9-7-16(8-10-18)13-15(2)17-6-5-11-19-14-17/h5-11,14-15H,3-4,12-13H2,1-2H3. The Morgan fingerprint density at radius 3 is 2.60 bits per heavy atom. The Morgan fingerprint density at radius 2 is 1.95 bits per heavy atom. The summed E-state index contributed by atoms with van der Waals surface area (Å²) in [6.07, 6.45) is 7.08. The predicted molar refractivity (Wildman–Crippen MR) is 83.2 cm³/mol. The van der Waals surface area contributed by atoms with Gasteiger partial charge in [0, 0.05) is 12.4 Å². The summed E-state index contributed by atoms with van der Waals surface area (Å²) in [6.45, 7) is 5.22. The fraction of sp³-hybridized carbons (Fsp3) is 0.389. The Morgan fingerprint density at radius 1 is 1.15 bits per heavy atom. The summed E-state index contributed by atoms with van der Waals surface area (Å²) in [4.78, 5) is 4.18. The highest BCUT2D eigenvalue weighted by molar-refractivity contribution is 5.29. The molecule has 0 aliphatic heterocycles. The van der Waals surface area contributed by atoms with E-state index in [-0.39, 0.29) is 0 Å². The van der Waals surface area contributed by atoms with Crippen molar-refractivity contribution in [3.05, 3.63) is 59.9 Å². The summed E-state index contributed by atoms with van der Waals surface area (Å²) in [6, 6.07) is 12.6. The van der Waals surface area contributed by atoms with Crippen LogP contribution in [0.3, 0.4) is 0 Å². The van der Waals surface area contributed by atoms with Gasteiger partial charge in [0.25, 0.3) is 0 Å². The molecule has 1 aromatic heterocycles. The van der Waals surface area contributed by atoms with Crippen molar-refractivity contribution >= 4 is 0 Å². The van der Waals surface area contributed by atoms with Crippen LogP contribution in [0.5, 0.6) is 5.75 Å². The second kappa shape index (κ2) is 7.68. The average Bonchev–Trinajstić information content (AvgIpc) is 2.50. The van der Waals surface area contributed by atoms with Crippen molar-refractivity contribution < 1.29 is 4.74 Å². The van der Waals surface area contributed by atoms with E-state index in [0.29, 0.717) is 5.92 Å². The highest BCUT2D eigenvalue weighted by atomic mass is 16.5. The van der Waals surface area contributed by atoms with E-state index in [1.807, 2.05) is 18.5 Å². The van der Waals surface area contributed by atoms with Gasteiger partial charge in [-0.2, -0.15) is 0 Å². The molecule has 0 bridgehead atoms. The maximum atomic E-state index is 5.68. The molecule has 1 heterocycles. The Balaban J connectivity index is 1.90. The van der Waals surface area contributed by atoms with E-state index in [2.05, 4.69) is 49.2 Å². The third kappa shape index (κ3) is 4.37. The molecule has 0 saturated carbocycles. The van der Waals surface area contributed by atoms with Gasteiger partial charge in [0.1, 0.15) is 5.75 Å². The molecule has 2 rings (SSSR count). The van der Waals surface area contributed by atoms with Crippen molar-refractivity contribution in [1.82, 2.24) is 4.98 Å². The van der Waals surface area contributed by atoms with Crippen molar-refractivity contribution in [3.8, 4) is 5.75 Å². The van der Waals surface area contributed by atoms with Crippen molar-refractivity contribution in [2.45, 2.75) is 39.0 Å². The van der Waals surface area contributed by atoms with Crippen LogP contribution in [0.1, 0.15) is 43.7 Å². The van der Waals surface area contributed by atoms with Crippen LogP contribution in [0.2, 0.25) is 0 Å². The van der Waals surface area contributed by atoms with Crippen LogP contribution in [-0.2, 0) is 6.42 Å². The summed E-state index contributed by atoms with van der Waals surface area (Å²) in [5.41, 5.74) is 2.62. The fourth-order valence-electron chi connectivity index (χ4n) is 2.19. The molecule has 0 fully saturated rings. The molecule has 1 aromatic carbocycles. The molecule has 0 spiro atoms. The number of rotatable bonds is 7.